The molecule has 1 aromatic carbocycles. The molecule has 1 atom stereocenters. The fourth-order valence-corrected chi connectivity index (χ4v) is 3.37. The lowest BCUT2D eigenvalue weighted by Gasteiger charge is -2.32. The van der Waals surface area contributed by atoms with Crippen LogP contribution in [0, 0.1) is 18.7 Å². The van der Waals surface area contributed by atoms with Crippen LogP contribution in [0.15, 0.2) is 30.5 Å². The van der Waals surface area contributed by atoms with Crippen LogP contribution in [0.3, 0.4) is 0 Å². The third kappa shape index (κ3) is 4.51. The normalized spacial score (nSPS) is 16.4. The van der Waals surface area contributed by atoms with Gasteiger partial charge in [-0.05, 0) is 31.9 Å². The number of nitrogens with one attached hydrogen (secondary N) is 1. The largest absolute Gasteiger partial charge is 0.355 e. The number of carbonyl (C=O) groups is 2. The lowest BCUT2D eigenvalue weighted by atomic mass is 9.96. The van der Waals surface area contributed by atoms with Crippen LogP contribution in [0.1, 0.15) is 28.9 Å². The molecule has 152 valence electrons. The maximum Gasteiger partial charge on any atom is 0.257 e. The van der Waals surface area contributed by atoms with Crippen LogP contribution in [-0.2, 0) is 4.79 Å². The van der Waals surface area contributed by atoms with Crippen LogP contribution < -0.4 is 11.1 Å². The highest BCUT2D eigenvalue weighted by molar-refractivity contribution is 5.95. The van der Waals surface area contributed by atoms with E-state index in [1.54, 1.807) is 30.0 Å². The summed E-state index contributed by atoms with van der Waals surface area (Å²) < 4.78 is 15.5. The summed E-state index contributed by atoms with van der Waals surface area (Å²) in [5.41, 5.74) is 6.71. The van der Waals surface area contributed by atoms with Gasteiger partial charge in [-0.1, -0.05) is 12.1 Å². The first-order chi connectivity index (χ1) is 13.0. The molecule has 28 heavy (non-hydrogen) atoms. The predicted molar refractivity (Wildman–Crippen MR) is 106 cm³/mol. The number of para-hydroxylation sites is 1. The Labute approximate surface area is 169 Å². The molecule has 1 unspecified atom stereocenters. The molecule has 0 saturated carbocycles. The minimum absolute atomic E-state index is 0. The van der Waals surface area contributed by atoms with Gasteiger partial charge in [0.05, 0.1) is 23.4 Å². The Balaban J connectivity index is 0.00000280. The van der Waals surface area contributed by atoms with Crippen LogP contribution in [0.2, 0.25) is 0 Å². The summed E-state index contributed by atoms with van der Waals surface area (Å²) in [6, 6.07) is 6.29. The number of aromatic nitrogens is 2. The number of halogens is 2. The fraction of sp³-hybridized carbons (Fsp3) is 0.421. The van der Waals surface area contributed by atoms with Gasteiger partial charge in [0.15, 0.2) is 0 Å². The summed E-state index contributed by atoms with van der Waals surface area (Å²) in [5, 5.41) is 6.98. The van der Waals surface area contributed by atoms with Gasteiger partial charge >= 0.3 is 0 Å². The number of nitrogens with zero attached hydrogens (tertiary/aromatic N) is 3. The number of hydrogen-bond donors (Lipinski definition) is 2. The number of benzene rings is 1. The van der Waals surface area contributed by atoms with Crippen molar-refractivity contribution in [3.63, 3.8) is 0 Å². The lowest BCUT2D eigenvalue weighted by molar-refractivity contribution is -0.126. The van der Waals surface area contributed by atoms with E-state index < -0.39 is 5.82 Å². The predicted octanol–water partition coefficient (Wildman–Crippen LogP) is 1.67. The average Bonchev–Trinajstić information content (AvgIpc) is 3.07. The Bertz CT molecular complexity index is 841. The molecule has 1 aromatic heterocycles. The minimum Gasteiger partial charge on any atom is -0.355 e. The molecular weight excluding hydrogens is 385 g/mol. The number of likely N-dealkylation sites (tertiary alicyclic amines) is 1. The summed E-state index contributed by atoms with van der Waals surface area (Å²) in [6.07, 6.45) is 2.96. The molecular formula is C19H25ClFN5O2. The van der Waals surface area contributed by atoms with Crippen molar-refractivity contribution < 1.29 is 14.0 Å². The Morgan fingerprint density at radius 1 is 1.36 bits per heavy atom. The molecule has 0 spiro atoms. The van der Waals surface area contributed by atoms with Gasteiger partial charge in [-0.25, -0.2) is 9.07 Å². The summed E-state index contributed by atoms with van der Waals surface area (Å²) in [5.74, 6) is -0.906. The molecule has 2 amide bonds. The maximum atomic E-state index is 14.1. The van der Waals surface area contributed by atoms with E-state index in [1.807, 2.05) is 0 Å². The molecule has 3 N–H and O–H groups in total. The van der Waals surface area contributed by atoms with Crippen molar-refractivity contribution in [1.29, 1.82) is 0 Å². The summed E-state index contributed by atoms with van der Waals surface area (Å²) in [6.45, 7) is 3.50. The zero-order valence-electron chi connectivity index (χ0n) is 15.7. The number of carbonyl (C=O) groups excluding carboxylic acids is 2. The second-order valence-corrected chi connectivity index (χ2v) is 6.68. The van der Waals surface area contributed by atoms with E-state index in [4.69, 9.17) is 5.73 Å². The topological polar surface area (TPSA) is 93.2 Å². The SMILES string of the molecule is Cc1c(C(=O)N2CCCC(C(=O)NCCN)C2)cnn1-c1ccccc1F.Cl. The number of nitrogens with two attached hydrogens (primary N) is 1. The van der Waals surface area contributed by atoms with Gasteiger partial charge in [0, 0.05) is 26.2 Å². The zero-order chi connectivity index (χ0) is 19.4. The molecule has 0 bridgehead atoms. The molecule has 7 nitrogen and oxygen atoms in total. The number of piperidine rings is 1. The summed E-state index contributed by atoms with van der Waals surface area (Å²) in [7, 11) is 0. The molecule has 3 rings (SSSR count). The molecule has 2 heterocycles. The van der Waals surface area contributed by atoms with E-state index in [2.05, 4.69) is 10.4 Å². The van der Waals surface area contributed by atoms with Crippen molar-refractivity contribution in [2.75, 3.05) is 26.2 Å². The number of hydrogen-bond acceptors (Lipinski definition) is 4. The van der Waals surface area contributed by atoms with E-state index in [0.717, 1.165) is 12.8 Å². The van der Waals surface area contributed by atoms with Crippen molar-refractivity contribution >= 4 is 24.2 Å². The van der Waals surface area contributed by atoms with E-state index in [1.165, 1.54) is 16.9 Å². The van der Waals surface area contributed by atoms with Gasteiger partial charge in [0.1, 0.15) is 11.5 Å². The van der Waals surface area contributed by atoms with E-state index in [9.17, 15) is 14.0 Å². The average molecular weight is 410 g/mol. The third-order valence-corrected chi connectivity index (χ3v) is 4.84. The van der Waals surface area contributed by atoms with Gasteiger partial charge < -0.3 is 16.0 Å². The first-order valence-corrected chi connectivity index (χ1v) is 9.09. The van der Waals surface area contributed by atoms with Gasteiger partial charge in [-0.15, -0.1) is 12.4 Å². The van der Waals surface area contributed by atoms with Crippen molar-refractivity contribution in [3.8, 4) is 5.69 Å². The Hall–Kier alpha value is -2.45. The smallest absolute Gasteiger partial charge is 0.257 e. The summed E-state index contributed by atoms with van der Waals surface area (Å²) in [4.78, 5) is 26.8. The van der Waals surface area contributed by atoms with Crippen molar-refractivity contribution in [1.82, 2.24) is 20.0 Å². The summed E-state index contributed by atoms with van der Waals surface area (Å²) >= 11 is 0. The lowest BCUT2D eigenvalue weighted by Crippen LogP contribution is -2.46. The Kier molecular flexibility index (Phi) is 7.53. The van der Waals surface area contributed by atoms with E-state index in [0.29, 0.717) is 43.1 Å². The zero-order valence-corrected chi connectivity index (χ0v) is 16.5. The van der Waals surface area contributed by atoms with Gasteiger partial charge in [0.25, 0.3) is 5.91 Å². The van der Waals surface area contributed by atoms with Gasteiger partial charge in [-0.3, -0.25) is 9.59 Å². The van der Waals surface area contributed by atoms with Crippen molar-refractivity contribution in [3.05, 3.63) is 47.5 Å². The van der Waals surface area contributed by atoms with Crippen LogP contribution in [0.5, 0.6) is 0 Å². The Morgan fingerprint density at radius 2 is 2.11 bits per heavy atom. The molecule has 9 heteroatoms. The van der Waals surface area contributed by atoms with Crippen LogP contribution in [-0.4, -0.2) is 52.7 Å². The van der Waals surface area contributed by atoms with Crippen molar-refractivity contribution in [2.45, 2.75) is 19.8 Å². The third-order valence-electron chi connectivity index (χ3n) is 4.84. The standard InChI is InChI=1S/C19H24FN5O2.ClH/c1-13-15(11-23-25(13)17-7-3-2-6-16(17)20)19(27)24-10-4-5-14(12-24)18(26)22-9-8-21;/h2-3,6-7,11,14H,4-5,8-10,12,21H2,1H3,(H,22,26);1H. The molecule has 1 aliphatic rings. The van der Waals surface area contributed by atoms with Crippen LogP contribution in [0.25, 0.3) is 5.69 Å². The fourth-order valence-electron chi connectivity index (χ4n) is 3.37. The van der Waals surface area contributed by atoms with Crippen LogP contribution >= 0.6 is 12.4 Å². The highest BCUT2D eigenvalue weighted by Gasteiger charge is 2.30. The number of rotatable bonds is 5. The van der Waals surface area contributed by atoms with E-state index in [-0.39, 0.29) is 30.1 Å². The Morgan fingerprint density at radius 3 is 2.82 bits per heavy atom. The van der Waals surface area contributed by atoms with Crippen LogP contribution in [0.4, 0.5) is 4.39 Å². The molecule has 1 aliphatic heterocycles. The quantitative estimate of drug-likeness (QED) is 0.785. The highest BCUT2D eigenvalue weighted by atomic mass is 35.5. The first kappa shape index (κ1) is 21.8. The second-order valence-electron chi connectivity index (χ2n) is 6.68. The first-order valence-electron chi connectivity index (χ1n) is 9.09. The van der Waals surface area contributed by atoms with Gasteiger partial charge in [-0.2, -0.15) is 5.10 Å². The molecule has 2 aromatic rings. The molecule has 0 radical (unpaired) electrons. The van der Waals surface area contributed by atoms with Gasteiger partial charge in [0.2, 0.25) is 5.91 Å². The monoisotopic (exact) mass is 409 g/mol. The second kappa shape index (κ2) is 9.66. The van der Waals surface area contributed by atoms with Crippen molar-refractivity contribution in [2.24, 2.45) is 11.7 Å². The maximum absolute atomic E-state index is 14.1. The van der Waals surface area contributed by atoms with E-state index >= 15 is 0 Å². The highest BCUT2D eigenvalue weighted by Crippen LogP contribution is 2.22. The molecule has 1 fully saturated rings. The number of amides is 2. The molecule has 0 aliphatic carbocycles. The molecule has 1 saturated heterocycles. The minimum atomic E-state index is -0.405.